The monoisotopic (exact) mass is 289 g/mol. The van der Waals surface area contributed by atoms with Crippen molar-refractivity contribution < 1.29 is 14.3 Å². The summed E-state index contributed by atoms with van der Waals surface area (Å²) >= 11 is 0. The lowest BCUT2D eigenvalue weighted by Gasteiger charge is -2.16. The number of nitrogens with zero attached hydrogens (tertiary/aromatic N) is 1. The third-order valence-electron chi connectivity index (χ3n) is 2.88. The zero-order valence-corrected chi connectivity index (χ0v) is 12.0. The SMILES string of the molecule is CN(CCCCC(=O)O)CCc1ccc(F)cc1.Cl. The minimum Gasteiger partial charge on any atom is -0.481 e. The van der Waals surface area contributed by atoms with Crippen LogP contribution in [0.4, 0.5) is 4.39 Å². The molecule has 0 amide bonds. The van der Waals surface area contributed by atoms with Crippen LogP contribution < -0.4 is 0 Å². The fraction of sp³-hybridized carbons (Fsp3) is 0.500. The van der Waals surface area contributed by atoms with Gasteiger partial charge in [0.15, 0.2) is 0 Å². The molecule has 0 radical (unpaired) electrons. The van der Waals surface area contributed by atoms with E-state index in [2.05, 4.69) is 4.90 Å². The van der Waals surface area contributed by atoms with Crippen LogP contribution in [0.2, 0.25) is 0 Å². The van der Waals surface area contributed by atoms with Gasteiger partial charge >= 0.3 is 5.97 Å². The molecule has 0 bridgehead atoms. The second-order valence-corrected chi connectivity index (χ2v) is 4.53. The van der Waals surface area contributed by atoms with Crippen molar-refractivity contribution in [1.29, 1.82) is 0 Å². The van der Waals surface area contributed by atoms with Crippen molar-refractivity contribution in [2.45, 2.75) is 25.7 Å². The number of carboxylic acids is 1. The third-order valence-corrected chi connectivity index (χ3v) is 2.88. The van der Waals surface area contributed by atoms with E-state index < -0.39 is 5.97 Å². The lowest BCUT2D eigenvalue weighted by atomic mass is 10.1. The van der Waals surface area contributed by atoms with Crippen LogP contribution in [0.25, 0.3) is 0 Å². The molecule has 0 heterocycles. The van der Waals surface area contributed by atoms with Gasteiger partial charge in [-0.15, -0.1) is 12.4 Å². The number of hydrogen-bond acceptors (Lipinski definition) is 2. The van der Waals surface area contributed by atoms with Crippen LogP contribution in [0.1, 0.15) is 24.8 Å². The quantitative estimate of drug-likeness (QED) is 0.748. The Hall–Kier alpha value is -1.13. The van der Waals surface area contributed by atoms with Crippen LogP contribution in [0.5, 0.6) is 0 Å². The van der Waals surface area contributed by atoms with Crippen LogP contribution in [0, 0.1) is 5.82 Å². The molecule has 0 atom stereocenters. The maximum absolute atomic E-state index is 12.7. The van der Waals surface area contributed by atoms with Gasteiger partial charge in [0.2, 0.25) is 0 Å². The fourth-order valence-corrected chi connectivity index (χ4v) is 1.74. The average Bonchev–Trinajstić information content (AvgIpc) is 2.34. The van der Waals surface area contributed by atoms with Crippen molar-refractivity contribution in [2.24, 2.45) is 0 Å². The molecule has 1 aromatic carbocycles. The molecule has 0 saturated carbocycles. The Morgan fingerprint density at radius 2 is 1.84 bits per heavy atom. The molecule has 0 unspecified atom stereocenters. The molecule has 5 heteroatoms. The molecular formula is C14H21ClFNO2. The highest BCUT2D eigenvalue weighted by molar-refractivity contribution is 5.85. The number of hydrogen-bond donors (Lipinski definition) is 1. The van der Waals surface area contributed by atoms with E-state index >= 15 is 0 Å². The molecule has 1 aromatic rings. The molecule has 3 nitrogen and oxygen atoms in total. The molecule has 0 saturated heterocycles. The van der Waals surface area contributed by atoms with Crippen molar-refractivity contribution in [3.05, 3.63) is 35.6 Å². The lowest BCUT2D eigenvalue weighted by Crippen LogP contribution is -2.22. The van der Waals surface area contributed by atoms with Gasteiger partial charge < -0.3 is 10.0 Å². The predicted molar refractivity (Wildman–Crippen MR) is 76.3 cm³/mol. The summed E-state index contributed by atoms with van der Waals surface area (Å²) in [5.41, 5.74) is 1.12. The van der Waals surface area contributed by atoms with Gasteiger partial charge in [0, 0.05) is 13.0 Å². The van der Waals surface area contributed by atoms with E-state index in [9.17, 15) is 9.18 Å². The number of carboxylic acid groups (broad SMARTS) is 1. The summed E-state index contributed by atoms with van der Waals surface area (Å²) in [5.74, 6) is -0.940. The Kier molecular flexibility index (Phi) is 9.17. The number of halogens is 2. The van der Waals surface area contributed by atoms with Gasteiger partial charge in [0.25, 0.3) is 0 Å². The first kappa shape index (κ1) is 17.9. The van der Waals surface area contributed by atoms with E-state index in [1.165, 1.54) is 12.1 Å². The first-order chi connectivity index (χ1) is 8.58. The van der Waals surface area contributed by atoms with E-state index in [1.807, 2.05) is 7.05 Å². The highest BCUT2D eigenvalue weighted by Crippen LogP contribution is 2.05. The Balaban J connectivity index is 0.00000324. The van der Waals surface area contributed by atoms with Gasteiger partial charge in [-0.25, -0.2) is 4.39 Å². The summed E-state index contributed by atoms with van der Waals surface area (Å²) in [6.07, 6.45) is 2.74. The Labute approximate surface area is 119 Å². The van der Waals surface area contributed by atoms with Crippen LogP contribution in [0.3, 0.4) is 0 Å². The van der Waals surface area contributed by atoms with E-state index in [0.29, 0.717) is 0 Å². The van der Waals surface area contributed by atoms with Crippen molar-refractivity contribution in [3.8, 4) is 0 Å². The van der Waals surface area contributed by atoms with E-state index in [0.717, 1.165) is 37.9 Å². The smallest absolute Gasteiger partial charge is 0.303 e. The van der Waals surface area contributed by atoms with Crippen molar-refractivity contribution in [1.82, 2.24) is 4.90 Å². The third kappa shape index (κ3) is 8.56. The first-order valence-electron chi connectivity index (χ1n) is 6.22. The molecule has 19 heavy (non-hydrogen) atoms. The standard InChI is InChI=1S/C14H20FNO2.ClH/c1-16(10-3-2-4-14(17)18)11-9-12-5-7-13(15)8-6-12;/h5-8H,2-4,9-11H2,1H3,(H,17,18);1H. The molecule has 0 aliphatic rings. The van der Waals surface area contributed by atoms with Gasteiger partial charge in [0.1, 0.15) is 5.82 Å². The Morgan fingerprint density at radius 1 is 1.21 bits per heavy atom. The number of likely N-dealkylation sites (N-methyl/N-ethyl adjacent to an activating group) is 1. The average molecular weight is 290 g/mol. The Bertz CT molecular complexity index is 370. The van der Waals surface area contributed by atoms with Crippen LogP contribution >= 0.6 is 12.4 Å². The molecule has 0 fully saturated rings. The highest BCUT2D eigenvalue weighted by Gasteiger charge is 2.01. The summed E-state index contributed by atoms with van der Waals surface area (Å²) in [7, 11) is 2.02. The first-order valence-corrected chi connectivity index (χ1v) is 6.22. The minimum atomic E-state index is -0.732. The van der Waals surface area contributed by atoms with Crippen LogP contribution in [-0.4, -0.2) is 36.1 Å². The molecule has 0 aliphatic heterocycles. The maximum atomic E-state index is 12.7. The normalized spacial score (nSPS) is 10.3. The van der Waals surface area contributed by atoms with Crippen molar-refractivity contribution >= 4 is 18.4 Å². The topological polar surface area (TPSA) is 40.5 Å². The molecular weight excluding hydrogens is 269 g/mol. The predicted octanol–water partition coefficient (Wildman–Crippen LogP) is 2.98. The van der Waals surface area contributed by atoms with E-state index in [-0.39, 0.29) is 24.6 Å². The molecule has 1 N–H and O–H groups in total. The molecule has 1 rings (SSSR count). The van der Waals surface area contributed by atoms with Gasteiger partial charge in [-0.05, 0) is 50.6 Å². The summed E-state index contributed by atoms with van der Waals surface area (Å²) in [6, 6.07) is 6.55. The van der Waals surface area contributed by atoms with Crippen LogP contribution in [-0.2, 0) is 11.2 Å². The number of rotatable bonds is 8. The summed E-state index contributed by atoms with van der Waals surface area (Å²) < 4.78 is 12.7. The fourth-order valence-electron chi connectivity index (χ4n) is 1.74. The number of unbranched alkanes of at least 4 members (excludes halogenated alkanes) is 1. The van der Waals surface area contributed by atoms with Crippen LogP contribution in [0.15, 0.2) is 24.3 Å². The second kappa shape index (κ2) is 9.75. The van der Waals surface area contributed by atoms with Gasteiger partial charge in [-0.1, -0.05) is 12.1 Å². The molecule has 0 aromatic heterocycles. The number of aliphatic carboxylic acids is 1. The van der Waals surface area contributed by atoms with E-state index in [1.54, 1.807) is 12.1 Å². The summed E-state index contributed by atoms with van der Waals surface area (Å²) in [4.78, 5) is 12.5. The highest BCUT2D eigenvalue weighted by atomic mass is 35.5. The minimum absolute atomic E-state index is 0. The number of benzene rings is 1. The maximum Gasteiger partial charge on any atom is 0.303 e. The second-order valence-electron chi connectivity index (χ2n) is 4.53. The zero-order valence-electron chi connectivity index (χ0n) is 11.1. The largest absolute Gasteiger partial charge is 0.481 e. The van der Waals surface area contributed by atoms with E-state index in [4.69, 9.17) is 5.11 Å². The summed E-state index contributed by atoms with van der Waals surface area (Å²) in [6.45, 7) is 1.80. The van der Waals surface area contributed by atoms with Crippen molar-refractivity contribution in [3.63, 3.8) is 0 Å². The zero-order chi connectivity index (χ0) is 13.4. The molecule has 108 valence electrons. The van der Waals surface area contributed by atoms with Gasteiger partial charge in [-0.2, -0.15) is 0 Å². The van der Waals surface area contributed by atoms with Gasteiger partial charge in [-0.3, -0.25) is 4.79 Å². The summed E-state index contributed by atoms with van der Waals surface area (Å²) in [5, 5.41) is 8.51. The molecule has 0 aliphatic carbocycles. The molecule has 0 spiro atoms. The Morgan fingerprint density at radius 3 is 2.42 bits per heavy atom. The van der Waals surface area contributed by atoms with Crippen molar-refractivity contribution in [2.75, 3.05) is 20.1 Å². The van der Waals surface area contributed by atoms with Gasteiger partial charge in [0.05, 0.1) is 0 Å². The lowest BCUT2D eigenvalue weighted by molar-refractivity contribution is -0.137. The number of carbonyl (C=O) groups is 1.